The highest BCUT2D eigenvalue weighted by atomic mass is 32.1. The zero-order chi connectivity index (χ0) is 20.3. The maximum absolute atomic E-state index is 12.9. The standard InChI is InChI=1S/C24H26N2O2S/c1-24(28)14-15-26(17-18-9-4-2-5-10-18)21(20-13-8-16-29-20)22(24)25-23(27)19-11-6-3-7-12-19/h2-13,16,21-22,28H,14-15,17H2,1H3,(H,25,27). The molecule has 3 unspecified atom stereocenters. The number of benzene rings is 2. The fourth-order valence-corrected chi connectivity index (χ4v) is 4.96. The molecule has 0 saturated carbocycles. The van der Waals surface area contributed by atoms with Crippen molar-refractivity contribution in [2.24, 2.45) is 0 Å². The van der Waals surface area contributed by atoms with Crippen LogP contribution in [0, 0.1) is 0 Å². The topological polar surface area (TPSA) is 52.6 Å². The molecule has 1 saturated heterocycles. The van der Waals surface area contributed by atoms with Gasteiger partial charge in [0, 0.05) is 23.5 Å². The number of amides is 1. The predicted molar refractivity (Wildman–Crippen MR) is 117 cm³/mol. The molecule has 3 atom stereocenters. The van der Waals surface area contributed by atoms with E-state index in [1.165, 1.54) is 5.56 Å². The van der Waals surface area contributed by atoms with Crippen molar-refractivity contribution >= 4 is 17.2 Å². The Labute approximate surface area is 175 Å². The highest BCUT2D eigenvalue weighted by molar-refractivity contribution is 7.10. The van der Waals surface area contributed by atoms with Gasteiger partial charge >= 0.3 is 0 Å². The number of rotatable bonds is 5. The number of nitrogens with one attached hydrogen (secondary N) is 1. The van der Waals surface area contributed by atoms with E-state index in [1.807, 2.05) is 49.4 Å². The first-order valence-electron chi connectivity index (χ1n) is 9.94. The van der Waals surface area contributed by atoms with Crippen molar-refractivity contribution in [3.8, 4) is 0 Å². The Morgan fingerprint density at radius 2 is 1.79 bits per heavy atom. The van der Waals surface area contributed by atoms with E-state index in [1.54, 1.807) is 23.5 Å². The van der Waals surface area contributed by atoms with Crippen LogP contribution in [-0.2, 0) is 6.54 Å². The van der Waals surface area contributed by atoms with Gasteiger partial charge in [-0.15, -0.1) is 11.3 Å². The molecule has 3 aromatic rings. The molecule has 1 aromatic heterocycles. The van der Waals surface area contributed by atoms with Crippen molar-refractivity contribution in [1.82, 2.24) is 10.2 Å². The average molecular weight is 407 g/mol. The molecule has 1 aliphatic heterocycles. The van der Waals surface area contributed by atoms with Gasteiger partial charge in [-0.25, -0.2) is 0 Å². The highest BCUT2D eigenvalue weighted by Crippen LogP contribution is 2.39. The number of aliphatic hydroxyl groups is 1. The van der Waals surface area contributed by atoms with E-state index >= 15 is 0 Å². The van der Waals surface area contributed by atoms with E-state index in [4.69, 9.17) is 0 Å². The first-order chi connectivity index (χ1) is 14.0. The van der Waals surface area contributed by atoms with Gasteiger partial charge in [0.15, 0.2) is 0 Å². The third-order valence-corrected chi connectivity index (χ3v) is 6.61. The minimum absolute atomic E-state index is 0.0911. The predicted octanol–water partition coefficient (Wildman–Crippen LogP) is 4.24. The number of likely N-dealkylation sites (tertiary alicyclic amines) is 1. The van der Waals surface area contributed by atoms with Crippen molar-refractivity contribution in [1.29, 1.82) is 0 Å². The van der Waals surface area contributed by atoms with Crippen LogP contribution in [0.25, 0.3) is 0 Å². The molecular formula is C24H26N2O2S. The summed E-state index contributed by atoms with van der Waals surface area (Å²) in [6.07, 6.45) is 0.599. The largest absolute Gasteiger partial charge is 0.388 e. The van der Waals surface area contributed by atoms with Gasteiger partial charge in [0.25, 0.3) is 5.91 Å². The van der Waals surface area contributed by atoms with Crippen LogP contribution in [0.15, 0.2) is 78.2 Å². The van der Waals surface area contributed by atoms with E-state index in [0.29, 0.717) is 12.0 Å². The Balaban J connectivity index is 1.66. The summed E-state index contributed by atoms with van der Waals surface area (Å²) < 4.78 is 0. The fraction of sp³-hybridized carbons (Fsp3) is 0.292. The molecule has 29 heavy (non-hydrogen) atoms. The molecule has 0 radical (unpaired) electrons. The number of hydrogen-bond donors (Lipinski definition) is 2. The van der Waals surface area contributed by atoms with Crippen molar-refractivity contribution in [2.75, 3.05) is 6.54 Å². The SMILES string of the molecule is CC1(O)CCN(Cc2ccccc2)C(c2cccs2)C1NC(=O)c1ccccc1. The Bertz CT molecular complexity index is 926. The lowest BCUT2D eigenvalue weighted by molar-refractivity contribution is -0.0656. The molecule has 0 aliphatic carbocycles. The van der Waals surface area contributed by atoms with Crippen LogP contribution in [0.1, 0.15) is 40.2 Å². The highest BCUT2D eigenvalue weighted by Gasteiger charge is 2.46. The van der Waals surface area contributed by atoms with E-state index in [2.05, 4.69) is 33.8 Å². The molecule has 1 fully saturated rings. The molecule has 1 aliphatic rings. The third-order valence-electron chi connectivity index (χ3n) is 5.67. The van der Waals surface area contributed by atoms with E-state index in [9.17, 15) is 9.90 Å². The van der Waals surface area contributed by atoms with Gasteiger partial charge in [-0.2, -0.15) is 0 Å². The lowest BCUT2D eigenvalue weighted by Gasteiger charge is -2.48. The van der Waals surface area contributed by atoms with Crippen LogP contribution < -0.4 is 5.32 Å². The van der Waals surface area contributed by atoms with Crippen LogP contribution in [-0.4, -0.2) is 34.1 Å². The number of carbonyl (C=O) groups is 1. The molecule has 5 heteroatoms. The summed E-state index contributed by atoms with van der Waals surface area (Å²) in [5.41, 5.74) is 0.837. The summed E-state index contributed by atoms with van der Waals surface area (Å²) in [7, 11) is 0. The molecule has 150 valence electrons. The second-order valence-corrected chi connectivity index (χ2v) is 8.82. The fourth-order valence-electron chi connectivity index (χ4n) is 4.06. The summed E-state index contributed by atoms with van der Waals surface area (Å²) in [6.45, 7) is 3.38. The maximum Gasteiger partial charge on any atom is 0.251 e. The summed E-state index contributed by atoms with van der Waals surface area (Å²) in [5.74, 6) is -0.154. The monoisotopic (exact) mass is 406 g/mol. The number of nitrogens with zero attached hydrogens (tertiary/aromatic N) is 1. The third kappa shape index (κ3) is 4.42. The van der Waals surface area contributed by atoms with Gasteiger partial charge in [0.05, 0.1) is 17.7 Å². The minimum atomic E-state index is -0.994. The maximum atomic E-state index is 12.9. The summed E-state index contributed by atoms with van der Waals surface area (Å²) in [5, 5.41) is 16.5. The Kier molecular flexibility index (Phi) is 5.81. The molecule has 0 spiro atoms. The van der Waals surface area contributed by atoms with Crippen LogP contribution in [0.3, 0.4) is 0 Å². The van der Waals surface area contributed by atoms with Crippen molar-refractivity contribution in [3.63, 3.8) is 0 Å². The number of thiophene rings is 1. The van der Waals surface area contributed by atoms with Gasteiger partial charge in [-0.05, 0) is 42.5 Å². The summed E-state index contributed by atoms with van der Waals surface area (Å²) in [6, 6.07) is 23.2. The van der Waals surface area contributed by atoms with Crippen molar-refractivity contribution in [3.05, 3.63) is 94.2 Å². The number of hydrogen-bond acceptors (Lipinski definition) is 4. The first kappa shape index (κ1) is 19.8. The molecule has 0 bridgehead atoms. The molecule has 1 amide bonds. The van der Waals surface area contributed by atoms with Gasteiger partial charge in [0.2, 0.25) is 0 Å². The van der Waals surface area contributed by atoms with Crippen molar-refractivity contribution in [2.45, 2.75) is 37.6 Å². The smallest absolute Gasteiger partial charge is 0.251 e. The Morgan fingerprint density at radius 1 is 1.10 bits per heavy atom. The summed E-state index contributed by atoms with van der Waals surface area (Å²) in [4.78, 5) is 16.5. The average Bonchev–Trinajstić information content (AvgIpc) is 3.26. The van der Waals surface area contributed by atoms with E-state index < -0.39 is 11.6 Å². The molecule has 4 rings (SSSR count). The van der Waals surface area contributed by atoms with Crippen LogP contribution in [0.5, 0.6) is 0 Å². The quantitative estimate of drug-likeness (QED) is 0.666. The normalized spacial score (nSPS) is 24.9. The second kappa shape index (κ2) is 8.49. The Hall–Kier alpha value is -2.47. The first-order valence-corrected chi connectivity index (χ1v) is 10.8. The summed E-state index contributed by atoms with van der Waals surface area (Å²) >= 11 is 1.67. The lowest BCUT2D eigenvalue weighted by atomic mass is 9.81. The van der Waals surface area contributed by atoms with Gasteiger partial charge in [0.1, 0.15) is 0 Å². The van der Waals surface area contributed by atoms with Gasteiger partial charge in [-0.3, -0.25) is 9.69 Å². The lowest BCUT2D eigenvalue weighted by Crippen LogP contribution is -2.62. The van der Waals surface area contributed by atoms with Gasteiger partial charge in [-0.1, -0.05) is 54.6 Å². The molecule has 2 heterocycles. The van der Waals surface area contributed by atoms with E-state index in [-0.39, 0.29) is 11.9 Å². The molecule has 4 nitrogen and oxygen atoms in total. The zero-order valence-electron chi connectivity index (χ0n) is 16.5. The molecule has 2 aromatic carbocycles. The minimum Gasteiger partial charge on any atom is -0.388 e. The number of piperidine rings is 1. The molecular weight excluding hydrogens is 380 g/mol. The number of carbonyl (C=O) groups excluding carboxylic acids is 1. The van der Waals surface area contributed by atoms with Crippen LogP contribution in [0.4, 0.5) is 0 Å². The van der Waals surface area contributed by atoms with Crippen LogP contribution in [0.2, 0.25) is 0 Å². The van der Waals surface area contributed by atoms with Crippen LogP contribution >= 0.6 is 11.3 Å². The molecule has 2 N–H and O–H groups in total. The Morgan fingerprint density at radius 3 is 2.45 bits per heavy atom. The second-order valence-electron chi connectivity index (χ2n) is 7.84. The van der Waals surface area contributed by atoms with E-state index in [0.717, 1.165) is 18.0 Å². The zero-order valence-corrected chi connectivity index (χ0v) is 17.3. The van der Waals surface area contributed by atoms with Crippen molar-refractivity contribution < 1.29 is 9.90 Å². The van der Waals surface area contributed by atoms with Gasteiger partial charge < -0.3 is 10.4 Å².